The molecule has 2 aliphatic rings. The molecule has 2 rings (SSSR count). The van der Waals surface area contributed by atoms with Gasteiger partial charge in [-0.25, -0.2) is 0 Å². The lowest BCUT2D eigenvalue weighted by Gasteiger charge is -2.44. The van der Waals surface area contributed by atoms with Crippen LogP contribution in [-0.4, -0.2) is 36.0 Å². The fourth-order valence-electron chi connectivity index (χ4n) is 2.45. The highest BCUT2D eigenvalue weighted by Crippen LogP contribution is 2.30. The lowest BCUT2D eigenvalue weighted by molar-refractivity contribution is -0.0742. The van der Waals surface area contributed by atoms with E-state index in [0.717, 1.165) is 26.1 Å². The number of hydrogen-bond donors (Lipinski definition) is 2. The van der Waals surface area contributed by atoms with E-state index >= 15 is 0 Å². The number of rotatable bonds is 2. The first-order chi connectivity index (χ1) is 6.22. The summed E-state index contributed by atoms with van der Waals surface area (Å²) in [5, 5.41) is 13.7. The van der Waals surface area contributed by atoms with Crippen LogP contribution in [0.4, 0.5) is 0 Å². The Hall–Kier alpha value is -0.380. The Bertz CT molecular complexity index is 193. The molecule has 3 heteroatoms. The van der Waals surface area contributed by atoms with Gasteiger partial charge >= 0.3 is 0 Å². The Morgan fingerprint density at radius 3 is 2.62 bits per heavy atom. The summed E-state index contributed by atoms with van der Waals surface area (Å²) >= 11 is 0. The van der Waals surface area contributed by atoms with Gasteiger partial charge in [0.25, 0.3) is 0 Å². The van der Waals surface area contributed by atoms with Crippen LogP contribution < -0.4 is 5.32 Å². The number of morpholine rings is 1. The van der Waals surface area contributed by atoms with Crippen LogP contribution in [0.2, 0.25) is 0 Å². The minimum Gasteiger partial charge on any atom is -0.389 e. The van der Waals surface area contributed by atoms with Crippen LogP contribution in [0.3, 0.4) is 0 Å². The topological polar surface area (TPSA) is 41.5 Å². The molecule has 2 heterocycles. The van der Waals surface area contributed by atoms with E-state index in [2.05, 4.69) is 11.9 Å². The molecule has 0 saturated carbocycles. The van der Waals surface area contributed by atoms with E-state index in [1.807, 2.05) is 6.08 Å². The molecule has 2 atom stereocenters. The second-order valence-corrected chi connectivity index (χ2v) is 4.22. The van der Waals surface area contributed by atoms with Gasteiger partial charge in [-0.3, -0.25) is 0 Å². The Kier molecular flexibility index (Phi) is 2.41. The van der Waals surface area contributed by atoms with Gasteiger partial charge in [0.2, 0.25) is 0 Å². The highest BCUT2D eigenvalue weighted by Gasteiger charge is 2.40. The first kappa shape index (κ1) is 9.19. The minimum absolute atomic E-state index is 0.331. The summed E-state index contributed by atoms with van der Waals surface area (Å²) in [6.45, 7) is 5.15. The van der Waals surface area contributed by atoms with Gasteiger partial charge < -0.3 is 15.2 Å². The van der Waals surface area contributed by atoms with Gasteiger partial charge in [-0.15, -0.1) is 6.58 Å². The maximum Gasteiger partial charge on any atom is 0.0713 e. The second-order valence-electron chi connectivity index (χ2n) is 4.22. The number of hydrogen-bond acceptors (Lipinski definition) is 3. The SMILES string of the molecule is C=CCC1(O)CC2COCC(C1)N2. The van der Waals surface area contributed by atoms with Gasteiger partial charge in [0.05, 0.1) is 18.8 Å². The third-order valence-electron chi connectivity index (χ3n) is 2.89. The fraction of sp³-hybridized carbons (Fsp3) is 0.800. The lowest BCUT2D eigenvalue weighted by atomic mass is 9.81. The Morgan fingerprint density at radius 2 is 2.08 bits per heavy atom. The van der Waals surface area contributed by atoms with Crippen LogP contribution in [0.1, 0.15) is 19.3 Å². The van der Waals surface area contributed by atoms with Crippen LogP contribution in [0.5, 0.6) is 0 Å². The zero-order valence-electron chi connectivity index (χ0n) is 7.83. The number of ether oxygens (including phenoxy) is 1. The van der Waals surface area contributed by atoms with Gasteiger partial charge in [-0.2, -0.15) is 0 Å². The molecule has 2 saturated heterocycles. The molecule has 2 aliphatic heterocycles. The van der Waals surface area contributed by atoms with Crippen molar-refractivity contribution in [2.75, 3.05) is 13.2 Å². The van der Waals surface area contributed by atoms with E-state index in [1.54, 1.807) is 0 Å². The third-order valence-corrected chi connectivity index (χ3v) is 2.89. The number of piperidine rings is 1. The van der Waals surface area contributed by atoms with Crippen molar-refractivity contribution in [2.24, 2.45) is 0 Å². The fourth-order valence-corrected chi connectivity index (χ4v) is 2.45. The Morgan fingerprint density at radius 1 is 1.46 bits per heavy atom. The second kappa shape index (κ2) is 3.40. The average molecular weight is 183 g/mol. The zero-order valence-corrected chi connectivity index (χ0v) is 7.83. The molecule has 0 aromatic carbocycles. The molecular formula is C10H17NO2. The molecule has 2 unspecified atom stereocenters. The van der Waals surface area contributed by atoms with E-state index < -0.39 is 5.60 Å². The first-order valence-corrected chi connectivity index (χ1v) is 4.89. The molecule has 2 N–H and O–H groups in total. The first-order valence-electron chi connectivity index (χ1n) is 4.89. The molecule has 0 spiro atoms. The highest BCUT2D eigenvalue weighted by atomic mass is 16.5. The molecule has 2 fully saturated rings. The summed E-state index contributed by atoms with van der Waals surface area (Å²) in [6.07, 6.45) is 4.08. The molecule has 13 heavy (non-hydrogen) atoms. The van der Waals surface area contributed by atoms with Gasteiger partial charge in [-0.05, 0) is 19.3 Å². The molecular weight excluding hydrogens is 166 g/mol. The Balaban J connectivity index is 2.03. The normalized spacial score (nSPS) is 44.4. The number of nitrogens with one attached hydrogen (secondary N) is 1. The summed E-state index contributed by atoms with van der Waals surface area (Å²) in [5.74, 6) is 0. The largest absolute Gasteiger partial charge is 0.389 e. The van der Waals surface area contributed by atoms with Crippen LogP contribution >= 0.6 is 0 Å². The summed E-state index contributed by atoms with van der Waals surface area (Å²) in [5.41, 5.74) is -0.536. The van der Waals surface area contributed by atoms with Crippen molar-refractivity contribution in [1.82, 2.24) is 5.32 Å². The van der Waals surface area contributed by atoms with Gasteiger partial charge in [-0.1, -0.05) is 6.08 Å². The van der Waals surface area contributed by atoms with Crippen molar-refractivity contribution in [3.8, 4) is 0 Å². The minimum atomic E-state index is -0.536. The predicted octanol–water partition coefficient (Wildman–Crippen LogP) is 0.444. The van der Waals surface area contributed by atoms with Crippen molar-refractivity contribution < 1.29 is 9.84 Å². The maximum atomic E-state index is 10.2. The van der Waals surface area contributed by atoms with E-state index in [4.69, 9.17) is 4.74 Å². The zero-order chi connectivity index (χ0) is 9.31. The molecule has 0 aromatic rings. The summed E-state index contributed by atoms with van der Waals surface area (Å²) < 4.78 is 5.41. The predicted molar refractivity (Wildman–Crippen MR) is 50.5 cm³/mol. The Labute approximate surface area is 78.8 Å². The van der Waals surface area contributed by atoms with Crippen molar-refractivity contribution >= 4 is 0 Å². The van der Waals surface area contributed by atoms with E-state index in [-0.39, 0.29) is 0 Å². The molecule has 0 amide bonds. The summed E-state index contributed by atoms with van der Waals surface area (Å²) in [4.78, 5) is 0. The highest BCUT2D eigenvalue weighted by molar-refractivity contribution is 4.99. The molecule has 3 nitrogen and oxygen atoms in total. The smallest absolute Gasteiger partial charge is 0.0713 e. The van der Waals surface area contributed by atoms with Crippen molar-refractivity contribution in [3.05, 3.63) is 12.7 Å². The summed E-state index contributed by atoms with van der Waals surface area (Å²) in [7, 11) is 0. The monoisotopic (exact) mass is 183 g/mol. The van der Waals surface area contributed by atoms with E-state index in [9.17, 15) is 5.11 Å². The third kappa shape index (κ3) is 1.93. The number of fused-ring (bicyclic) bond motifs is 2. The van der Waals surface area contributed by atoms with Gasteiger partial charge in [0.1, 0.15) is 0 Å². The molecule has 74 valence electrons. The van der Waals surface area contributed by atoms with E-state index in [1.165, 1.54) is 0 Å². The van der Waals surface area contributed by atoms with E-state index in [0.29, 0.717) is 18.5 Å². The lowest BCUT2D eigenvalue weighted by Crippen LogP contribution is -2.59. The summed E-state index contributed by atoms with van der Waals surface area (Å²) in [6, 6.07) is 0.662. The van der Waals surface area contributed by atoms with Crippen LogP contribution in [0.25, 0.3) is 0 Å². The average Bonchev–Trinajstić information content (AvgIpc) is 2.02. The molecule has 0 aliphatic carbocycles. The number of aliphatic hydroxyl groups is 1. The van der Waals surface area contributed by atoms with Gasteiger partial charge in [0.15, 0.2) is 0 Å². The standard InChI is InChI=1S/C10H17NO2/c1-2-3-10(12)4-8-6-13-7-9(5-10)11-8/h2,8-9,11-12H,1,3-7H2. The van der Waals surface area contributed by atoms with Gasteiger partial charge in [0, 0.05) is 12.1 Å². The van der Waals surface area contributed by atoms with Crippen molar-refractivity contribution in [1.29, 1.82) is 0 Å². The van der Waals surface area contributed by atoms with Crippen molar-refractivity contribution in [3.63, 3.8) is 0 Å². The maximum absolute atomic E-state index is 10.2. The molecule has 0 radical (unpaired) electrons. The molecule has 0 aromatic heterocycles. The van der Waals surface area contributed by atoms with Crippen LogP contribution in [0, 0.1) is 0 Å². The van der Waals surface area contributed by atoms with Crippen molar-refractivity contribution in [2.45, 2.75) is 36.9 Å². The molecule has 2 bridgehead atoms. The van der Waals surface area contributed by atoms with Crippen LogP contribution in [-0.2, 0) is 4.74 Å². The van der Waals surface area contributed by atoms with Crippen LogP contribution in [0.15, 0.2) is 12.7 Å². The quantitative estimate of drug-likeness (QED) is 0.611.